The second kappa shape index (κ2) is 7.29. The van der Waals surface area contributed by atoms with Gasteiger partial charge in [-0.25, -0.2) is 4.98 Å². The Hall–Kier alpha value is -1.07. The molecule has 0 aliphatic carbocycles. The number of rotatable bonds is 7. The average molecular weight is 260 g/mol. The lowest BCUT2D eigenvalue weighted by atomic mass is 10.4. The molecule has 0 fully saturated rings. The van der Waals surface area contributed by atoms with Crippen LogP contribution in [0.2, 0.25) is 0 Å². The minimum absolute atomic E-state index is 0.111. The molecule has 17 heavy (non-hydrogen) atoms. The predicted molar refractivity (Wildman–Crippen MR) is 67.9 cm³/mol. The Bertz CT molecular complexity index is 349. The standard InChI is InChI=1S/C11H18ClN3O2/c1-4-17-10-5-8(2)14-11(15-10)13-6-9(12)7-16-3/h5,9H,4,6-7H2,1-3H3,(H,13,14,15). The molecule has 0 saturated heterocycles. The summed E-state index contributed by atoms with van der Waals surface area (Å²) in [7, 11) is 1.62. The van der Waals surface area contributed by atoms with Crippen molar-refractivity contribution in [3.05, 3.63) is 11.8 Å². The molecule has 0 aliphatic heterocycles. The van der Waals surface area contributed by atoms with Gasteiger partial charge < -0.3 is 14.8 Å². The molecule has 0 radical (unpaired) electrons. The number of nitrogens with zero attached hydrogens (tertiary/aromatic N) is 2. The van der Waals surface area contributed by atoms with Gasteiger partial charge in [-0.1, -0.05) is 0 Å². The molecule has 1 heterocycles. The lowest BCUT2D eigenvalue weighted by Crippen LogP contribution is -2.20. The fourth-order valence-corrected chi connectivity index (χ4v) is 1.49. The van der Waals surface area contributed by atoms with Gasteiger partial charge in [0.05, 0.1) is 18.6 Å². The Morgan fingerprint density at radius 1 is 1.47 bits per heavy atom. The largest absolute Gasteiger partial charge is 0.478 e. The maximum absolute atomic E-state index is 6.00. The van der Waals surface area contributed by atoms with Crippen LogP contribution < -0.4 is 10.1 Å². The van der Waals surface area contributed by atoms with Gasteiger partial charge in [0, 0.05) is 25.4 Å². The second-order valence-corrected chi connectivity index (χ2v) is 4.15. The Balaban J connectivity index is 2.57. The number of aryl methyl sites for hydroxylation is 1. The van der Waals surface area contributed by atoms with Gasteiger partial charge in [0.25, 0.3) is 0 Å². The van der Waals surface area contributed by atoms with Crippen LogP contribution in [0.5, 0.6) is 5.88 Å². The van der Waals surface area contributed by atoms with Crippen LogP contribution in [0.4, 0.5) is 5.95 Å². The van der Waals surface area contributed by atoms with Crippen molar-refractivity contribution < 1.29 is 9.47 Å². The zero-order valence-corrected chi connectivity index (χ0v) is 11.1. The van der Waals surface area contributed by atoms with Gasteiger partial charge in [-0.15, -0.1) is 11.6 Å². The summed E-state index contributed by atoms with van der Waals surface area (Å²) in [6, 6.07) is 1.79. The molecule has 5 nitrogen and oxygen atoms in total. The molecule has 0 spiro atoms. The third kappa shape index (κ3) is 5.19. The first-order valence-electron chi connectivity index (χ1n) is 5.51. The van der Waals surface area contributed by atoms with Gasteiger partial charge in [0.2, 0.25) is 11.8 Å². The highest BCUT2D eigenvalue weighted by molar-refractivity contribution is 6.21. The van der Waals surface area contributed by atoms with Crippen molar-refractivity contribution in [2.75, 3.05) is 32.2 Å². The summed E-state index contributed by atoms with van der Waals surface area (Å²) < 4.78 is 10.3. The molecule has 1 unspecified atom stereocenters. The highest BCUT2D eigenvalue weighted by atomic mass is 35.5. The summed E-state index contributed by atoms with van der Waals surface area (Å²) in [4.78, 5) is 8.46. The van der Waals surface area contributed by atoms with E-state index in [9.17, 15) is 0 Å². The zero-order chi connectivity index (χ0) is 12.7. The summed E-state index contributed by atoms with van der Waals surface area (Å²) in [5, 5.41) is 2.94. The quantitative estimate of drug-likeness (QED) is 0.758. The summed E-state index contributed by atoms with van der Waals surface area (Å²) in [5.41, 5.74) is 0.851. The topological polar surface area (TPSA) is 56.3 Å². The van der Waals surface area contributed by atoms with E-state index in [0.717, 1.165) is 5.69 Å². The summed E-state index contributed by atoms with van der Waals surface area (Å²) >= 11 is 6.00. The Morgan fingerprint density at radius 2 is 2.24 bits per heavy atom. The number of nitrogens with one attached hydrogen (secondary N) is 1. The summed E-state index contributed by atoms with van der Waals surface area (Å²) in [6.45, 7) is 5.42. The van der Waals surface area contributed by atoms with E-state index in [4.69, 9.17) is 21.1 Å². The van der Waals surface area contributed by atoms with Crippen molar-refractivity contribution in [2.24, 2.45) is 0 Å². The van der Waals surface area contributed by atoms with Gasteiger partial charge >= 0.3 is 0 Å². The minimum Gasteiger partial charge on any atom is -0.478 e. The van der Waals surface area contributed by atoms with Crippen molar-refractivity contribution in [3.63, 3.8) is 0 Å². The second-order valence-electron chi connectivity index (χ2n) is 3.54. The molecule has 96 valence electrons. The van der Waals surface area contributed by atoms with Crippen LogP contribution in [0, 0.1) is 6.92 Å². The van der Waals surface area contributed by atoms with Crippen molar-refractivity contribution >= 4 is 17.5 Å². The smallest absolute Gasteiger partial charge is 0.226 e. The average Bonchev–Trinajstić information content (AvgIpc) is 2.26. The molecule has 1 aromatic rings. The van der Waals surface area contributed by atoms with Crippen molar-refractivity contribution in [1.82, 2.24) is 9.97 Å². The summed E-state index contributed by atoms with van der Waals surface area (Å²) in [6.07, 6.45) is 0. The minimum atomic E-state index is -0.111. The Morgan fingerprint density at radius 3 is 2.88 bits per heavy atom. The number of methoxy groups -OCH3 is 1. The van der Waals surface area contributed by atoms with Gasteiger partial charge in [-0.2, -0.15) is 4.98 Å². The third-order valence-electron chi connectivity index (χ3n) is 1.95. The van der Waals surface area contributed by atoms with Crippen molar-refractivity contribution in [3.8, 4) is 5.88 Å². The van der Waals surface area contributed by atoms with E-state index in [-0.39, 0.29) is 5.38 Å². The van der Waals surface area contributed by atoms with Gasteiger partial charge in [-0.05, 0) is 13.8 Å². The molecule has 0 aromatic carbocycles. The van der Waals surface area contributed by atoms with Crippen molar-refractivity contribution in [2.45, 2.75) is 19.2 Å². The zero-order valence-electron chi connectivity index (χ0n) is 10.4. The fraction of sp³-hybridized carbons (Fsp3) is 0.636. The van der Waals surface area contributed by atoms with Gasteiger partial charge in [0.1, 0.15) is 0 Å². The number of hydrogen-bond acceptors (Lipinski definition) is 5. The van der Waals surface area contributed by atoms with E-state index in [0.29, 0.717) is 31.6 Å². The first kappa shape index (κ1) is 14.0. The van der Waals surface area contributed by atoms with Crippen LogP contribution in [0.25, 0.3) is 0 Å². The number of anilines is 1. The summed E-state index contributed by atoms with van der Waals surface area (Å²) in [5.74, 6) is 1.09. The highest BCUT2D eigenvalue weighted by Crippen LogP contribution is 2.12. The van der Waals surface area contributed by atoms with E-state index in [2.05, 4.69) is 15.3 Å². The van der Waals surface area contributed by atoms with Crippen LogP contribution >= 0.6 is 11.6 Å². The van der Waals surface area contributed by atoms with Crippen molar-refractivity contribution in [1.29, 1.82) is 0 Å². The monoisotopic (exact) mass is 259 g/mol. The van der Waals surface area contributed by atoms with Gasteiger partial charge in [0.15, 0.2) is 0 Å². The molecule has 0 amide bonds. The van der Waals surface area contributed by atoms with E-state index in [1.54, 1.807) is 13.2 Å². The normalized spacial score (nSPS) is 12.2. The van der Waals surface area contributed by atoms with Crippen LogP contribution in [0.3, 0.4) is 0 Å². The van der Waals surface area contributed by atoms with Crippen LogP contribution in [0.15, 0.2) is 6.07 Å². The molecule has 0 aliphatic rings. The van der Waals surface area contributed by atoms with E-state index in [1.165, 1.54) is 0 Å². The van der Waals surface area contributed by atoms with E-state index >= 15 is 0 Å². The molecule has 1 N–H and O–H groups in total. The van der Waals surface area contributed by atoms with Crippen LogP contribution in [-0.4, -0.2) is 42.2 Å². The van der Waals surface area contributed by atoms with Crippen LogP contribution in [0.1, 0.15) is 12.6 Å². The maximum Gasteiger partial charge on any atom is 0.226 e. The first-order chi connectivity index (χ1) is 8.15. The lowest BCUT2D eigenvalue weighted by molar-refractivity contribution is 0.200. The lowest BCUT2D eigenvalue weighted by Gasteiger charge is -2.11. The molecular weight excluding hydrogens is 242 g/mol. The molecule has 1 atom stereocenters. The number of halogens is 1. The highest BCUT2D eigenvalue weighted by Gasteiger charge is 2.06. The molecule has 0 saturated carbocycles. The molecule has 1 rings (SSSR count). The van der Waals surface area contributed by atoms with Gasteiger partial charge in [-0.3, -0.25) is 0 Å². The SMILES string of the molecule is CCOc1cc(C)nc(NCC(Cl)COC)n1. The maximum atomic E-state index is 6.00. The van der Waals surface area contributed by atoms with E-state index < -0.39 is 0 Å². The number of hydrogen-bond donors (Lipinski definition) is 1. The molecule has 0 bridgehead atoms. The Kier molecular flexibility index (Phi) is 6.00. The predicted octanol–water partition coefficient (Wildman–Crippen LogP) is 1.85. The third-order valence-corrected chi connectivity index (χ3v) is 2.23. The molecule has 6 heteroatoms. The molecule has 1 aromatic heterocycles. The number of alkyl halides is 1. The molecular formula is C11H18ClN3O2. The Labute approximate surface area is 107 Å². The fourth-order valence-electron chi connectivity index (χ4n) is 1.28. The number of ether oxygens (including phenoxy) is 2. The van der Waals surface area contributed by atoms with E-state index in [1.807, 2.05) is 13.8 Å². The number of aromatic nitrogens is 2. The van der Waals surface area contributed by atoms with Crippen LogP contribution in [-0.2, 0) is 4.74 Å². The first-order valence-corrected chi connectivity index (χ1v) is 5.94.